The van der Waals surface area contributed by atoms with E-state index in [4.69, 9.17) is 5.73 Å². The second-order valence-corrected chi connectivity index (χ2v) is 14.7. The Kier molecular flexibility index (Phi) is 11.0. The quantitative estimate of drug-likeness (QED) is 0.155. The van der Waals surface area contributed by atoms with Crippen LogP contribution in [0.25, 0.3) is 61.3 Å². The molecule has 0 bridgehead atoms. The standard InChI is InChI=1S/C53H44N2.C2H6/c1-55-53(48-22-12-5-13-23-48,36-51(54)41-19-10-4-11-20-41)50-24-14-21-44-31-43-30-29-42(35-49(43)52(44)50)39-25-27-40(28-26-39)47-33-45(37-15-6-2-7-16-37)32-46(34-47)38-17-8-3-9-18-38;1-2/h2-12,14-22,24-30,32-36,55H,13,23,31,54H2,1H3;1-2H3/b51-36-;. The van der Waals surface area contributed by atoms with Crippen LogP contribution in [0.1, 0.15) is 48.9 Å². The van der Waals surface area contributed by atoms with E-state index in [1.165, 1.54) is 77.9 Å². The van der Waals surface area contributed by atoms with Gasteiger partial charge in [0.05, 0.1) is 5.54 Å². The minimum Gasteiger partial charge on any atom is -0.398 e. The monoisotopic (exact) mass is 738 g/mol. The number of nitrogens with two attached hydrogens (primary N) is 1. The molecule has 0 radical (unpaired) electrons. The van der Waals surface area contributed by atoms with Gasteiger partial charge in [0.25, 0.3) is 0 Å². The fraction of sp³-hybridized carbons (Fsp3) is 0.127. The van der Waals surface area contributed by atoms with Crippen molar-refractivity contribution < 1.29 is 0 Å². The maximum absolute atomic E-state index is 6.95. The Morgan fingerprint density at radius 3 is 1.67 bits per heavy atom. The van der Waals surface area contributed by atoms with Crippen LogP contribution in [0.4, 0.5) is 0 Å². The number of hydrogen-bond acceptors (Lipinski definition) is 2. The molecule has 0 amide bonds. The minimum absolute atomic E-state index is 0.581. The van der Waals surface area contributed by atoms with Gasteiger partial charge in [-0.2, -0.15) is 0 Å². The molecule has 57 heavy (non-hydrogen) atoms. The third-order valence-electron chi connectivity index (χ3n) is 11.4. The van der Waals surface area contributed by atoms with Crippen molar-refractivity contribution in [3.05, 3.63) is 222 Å². The van der Waals surface area contributed by atoms with Gasteiger partial charge in [-0.25, -0.2) is 0 Å². The molecule has 1 atom stereocenters. The summed E-state index contributed by atoms with van der Waals surface area (Å²) in [6.45, 7) is 4.00. The first-order valence-electron chi connectivity index (χ1n) is 20.3. The van der Waals surface area contributed by atoms with Crippen molar-refractivity contribution in [2.75, 3.05) is 7.05 Å². The van der Waals surface area contributed by atoms with Gasteiger partial charge >= 0.3 is 0 Å². The third kappa shape index (κ3) is 7.45. The lowest BCUT2D eigenvalue weighted by atomic mass is 9.75. The van der Waals surface area contributed by atoms with E-state index >= 15 is 0 Å². The Hall–Kier alpha value is -6.48. The number of benzene rings is 7. The van der Waals surface area contributed by atoms with E-state index in [0.29, 0.717) is 0 Å². The average molecular weight is 739 g/mol. The smallest absolute Gasteiger partial charge is 0.0867 e. The van der Waals surface area contributed by atoms with E-state index in [1.54, 1.807) is 0 Å². The Labute approximate surface area is 338 Å². The van der Waals surface area contributed by atoms with Crippen molar-refractivity contribution in [3.8, 4) is 55.6 Å². The first-order chi connectivity index (χ1) is 28.1. The predicted molar refractivity (Wildman–Crippen MR) is 244 cm³/mol. The number of hydrogen-bond donors (Lipinski definition) is 2. The van der Waals surface area contributed by atoms with E-state index in [2.05, 4.69) is 188 Å². The van der Waals surface area contributed by atoms with E-state index in [0.717, 1.165) is 30.5 Å². The maximum atomic E-state index is 6.95. The van der Waals surface area contributed by atoms with Crippen molar-refractivity contribution in [2.24, 2.45) is 5.73 Å². The summed E-state index contributed by atoms with van der Waals surface area (Å²) in [4.78, 5) is 0. The van der Waals surface area contributed by atoms with Gasteiger partial charge in [-0.15, -0.1) is 0 Å². The summed E-state index contributed by atoms with van der Waals surface area (Å²) in [7, 11) is 2.07. The van der Waals surface area contributed by atoms with Crippen LogP contribution in [-0.2, 0) is 12.0 Å². The molecule has 0 heterocycles. The molecule has 2 nitrogen and oxygen atoms in total. The molecular weight excluding hydrogens is 689 g/mol. The zero-order chi connectivity index (χ0) is 39.2. The molecule has 0 spiro atoms. The lowest BCUT2D eigenvalue weighted by Crippen LogP contribution is -2.41. The normalized spacial score (nSPS) is 14.1. The highest BCUT2D eigenvalue weighted by Crippen LogP contribution is 2.48. The van der Waals surface area contributed by atoms with Gasteiger partial charge in [-0.1, -0.05) is 178 Å². The highest BCUT2D eigenvalue weighted by Gasteiger charge is 2.37. The summed E-state index contributed by atoms with van der Waals surface area (Å²) in [5.74, 6) is 0. The van der Waals surface area contributed by atoms with Crippen LogP contribution < -0.4 is 11.1 Å². The molecule has 2 heteroatoms. The molecule has 0 fully saturated rings. The average Bonchev–Trinajstić information content (AvgIpc) is 3.68. The molecule has 9 rings (SSSR count). The molecule has 3 N–H and O–H groups in total. The van der Waals surface area contributed by atoms with E-state index in [9.17, 15) is 0 Å². The Morgan fingerprint density at radius 1 is 0.561 bits per heavy atom. The molecule has 0 saturated carbocycles. The zero-order valence-electron chi connectivity index (χ0n) is 33.2. The summed E-state index contributed by atoms with van der Waals surface area (Å²) in [6, 6.07) is 61.5. The van der Waals surface area contributed by atoms with Gasteiger partial charge in [0.2, 0.25) is 0 Å². The highest BCUT2D eigenvalue weighted by atomic mass is 14.9. The SMILES string of the molecule is CC.CNC(/C=C(\N)c1ccccc1)(C1=CC=CCC1)c1cccc2c1-c1cc(-c3ccc(-c4cc(-c5ccccc5)cc(-c5ccccc5)c4)cc3)ccc1C2. The molecule has 0 saturated heterocycles. The lowest BCUT2D eigenvalue weighted by Gasteiger charge is -2.37. The van der Waals surface area contributed by atoms with E-state index in [-0.39, 0.29) is 0 Å². The Bertz CT molecular complexity index is 2520. The number of rotatable bonds is 9. The lowest BCUT2D eigenvalue weighted by molar-refractivity contribution is 0.514. The molecule has 0 aromatic heterocycles. The number of likely N-dealkylation sites (N-methyl/N-ethyl adjacent to an activating group) is 1. The largest absolute Gasteiger partial charge is 0.398 e. The van der Waals surface area contributed by atoms with Gasteiger partial charge in [0.15, 0.2) is 0 Å². The summed E-state index contributed by atoms with van der Waals surface area (Å²) < 4.78 is 0. The van der Waals surface area contributed by atoms with Crippen LogP contribution in [0.2, 0.25) is 0 Å². The second kappa shape index (κ2) is 16.7. The van der Waals surface area contributed by atoms with Crippen molar-refractivity contribution in [1.82, 2.24) is 5.32 Å². The molecule has 2 aliphatic carbocycles. The first-order valence-corrected chi connectivity index (χ1v) is 20.3. The molecule has 7 aromatic carbocycles. The predicted octanol–water partition coefficient (Wildman–Crippen LogP) is 13.6. The molecule has 2 aliphatic rings. The molecule has 7 aromatic rings. The van der Waals surface area contributed by atoms with Crippen molar-refractivity contribution in [2.45, 2.75) is 38.6 Å². The second-order valence-electron chi connectivity index (χ2n) is 14.7. The van der Waals surface area contributed by atoms with Crippen LogP contribution in [0.15, 0.2) is 200 Å². The number of allylic oxidation sites excluding steroid dienone is 3. The molecule has 280 valence electrons. The summed E-state index contributed by atoms with van der Waals surface area (Å²) in [5, 5.41) is 3.80. The van der Waals surface area contributed by atoms with Crippen LogP contribution in [0.3, 0.4) is 0 Å². The first kappa shape index (κ1) is 37.4. The van der Waals surface area contributed by atoms with Crippen LogP contribution >= 0.6 is 0 Å². The van der Waals surface area contributed by atoms with Gasteiger partial charge in [-0.3, -0.25) is 0 Å². The topological polar surface area (TPSA) is 38.0 Å². The Morgan fingerprint density at radius 2 is 1.11 bits per heavy atom. The van der Waals surface area contributed by atoms with Gasteiger partial charge in [-0.05, 0) is 140 Å². The zero-order valence-corrected chi connectivity index (χ0v) is 33.2. The third-order valence-corrected chi connectivity index (χ3v) is 11.4. The van der Waals surface area contributed by atoms with Crippen LogP contribution in [0.5, 0.6) is 0 Å². The van der Waals surface area contributed by atoms with Gasteiger partial charge in [0.1, 0.15) is 0 Å². The van der Waals surface area contributed by atoms with Crippen LogP contribution in [-0.4, -0.2) is 7.05 Å². The number of nitrogens with one attached hydrogen (secondary N) is 1. The minimum atomic E-state index is -0.581. The van der Waals surface area contributed by atoms with Crippen LogP contribution in [0, 0.1) is 0 Å². The van der Waals surface area contributed by atoms with Crippen molar-refractivity contribution in [1.29, 1.82) is 0 Å². The fourth-order valence-electron chi connectivity index (χ4n) is 8.58. The number of fused-ring (bicyclic) bond motifs is 3. The van der Waals surface area contributed by atoms with Gasteiger partial charge < -0.3 is 11.1 Å². The molecular formula is C55H50N2. The van der Waals surface area contributed by atoms with Crippen molar-refractivity contribution in [3.63, 3.8) is 0 Å². The fourth-order valence-corrected chi connectivity index (χ4v) is 8.58. The summed E-state index contributed by atoms with van der Waals surface area (Å²) in [6.07, 6.45) is 11.8. The Balaban J connectivity index is 0.00000224. The van der Waals surface area contributed by atoms with Crippen molar-refractivity contribution >= 4 is 5.70 Å². The maximum Gasteiger partial charge on any atom is 0.0867 e. The highest BCUT2D eigenvalue weighted by molar-refractivity contribution is 5.87. The molecule has 1 unspecified atom stereocenters. The summed E-state index contributed by atoms with van der Waals surface area (Å²) >= 11 is 0. The van der Waals surface area contributed by atoms with E-state index < -0.39 is 5.54 Å². The van der Waals surface area contributed by atoms with Gasteiger partial charge in [0, 0.05) is 5.70 Å². The summed E-state index contributed by atoms with van der Waals surface area (Å²) in [5.41, 5.74) is 25.7. The van der Waals surface area contributed by atoms with E-state index in [1.807, 2.05) is 32.0 Å². The molecule has 0 aliphatic heterocycles.